The average molecular weight is 384 g/mol. The van der Waals surface area contributed by atoms with Crippen molar-refractivity contribution >= 4 is 47.8 Å². The fourth-order valence-electron chi connectivity index (χ4n) is 2.66. The summed E-state index contributed by atoms with van der Waals surface area (Å²) in [5.41, 5.74) is 9.42. The lowest BCUT2D eigenvalue weighted by molar-refractivity contribution is -0.116. The number of anilines is 3. The number of fused-ring (bicyclic) bond motifs is 1. The van der Waals surface area contributed by atoms with Crippen LogP contribution >= 0.6 is 24.8 Å². The predicted octanol–water partition coefficient (Wildman–Crippen LogP) is 3.51. The number of ether oxygens (including phenoxy) is 1. The number of hydrogen-bond acceptors (Lipinski definition) is 4. The molecule has 7 heteroatoms. The molecule has 0 saturated heterocycles. The number of amides is 1. The summed E-state index contributed by atoms with van der Waals surface area (Å²) in [6.07, 6.45) is 1.03. The van der Waals surface area contributed by atoms with Gasteiger partial charge in [-0.2, -0.15) is 0 Å². The van der Waals surface area contributed by atoms with Crippen LogP contribution in [0.1, 0.15) is 12.0 Å². The Morgan fingerprint density at radius 2 is 2.00 bits per heavy atom. The maximum Gasteiger partial charge on any atom is 0.224 e. The first-order valence-electron chi connectivity index (χ1n) is 7.75. The van der Waals surface area contributed by atoms with E-state index in [2.05, 4.69) is 10.2 Å². The monoisotopic (exact) mass is 383 g/mol. The van der Waals surface area contributed by atoms with Crippen LogP contribution in [0.4, 0.5) is 17.1 Å². The molecule has 1 amide bonds. The summed E-state index contributed by atoms with van der Waals surface area (Å²) in [5, 5.41) is 2.94. The van der Waals surface area contributed by atoms with E-state index >= 15 is 0 Å². The fourth-order valence-corrected chi connectivity index (χ4v) is 2.66. The number of likely N-dealkylation sites (N-methyl/N-ethyl adjacent to an activating group) is 1. The Labute approximate surface area is 160 Å². The Kier molecular flexibility index (Phi) is 7.87. The molecule has 0 fully saturated rings. The third-order valence-electron chi connectivity index (χ3n) is 4.01. The van der Waals surface area contributed by atoms with Gasteiger partial charge in [-0.25, -0.2) is 0 Å². The molecule has 3 rings (SSSR count). The summed E-state index contributed by atoms with van der Waals surface area (Å²) in [4.78, 5) is 14.3. The zero-order chi connectivity index (χ0) is 16.2. The van der Waals surface area contributed by atoms with Crippen molar-refractivity contribution in [1.29, 1.82) is 0 Å². The Morgan fingerprint density at radius 3 is 2.76 bits per heavy atom. The predicted molar refractivity (Wildman–Crippen MR) is 108 cm³/mol. The highest BCUT2D eigenvalue weighted by molar-refractivity contribution is 5.92. The SMILES string of the molecule is CN1CCOc2ccc(NC(=O)CCc3ccccc3N)cc21.Cl.Cl. The quantitative estimate of drug-likeness (QED) is 0.792. The van der Waals surface area contributed by atoms with Crippen LogP contribution < -0.4 is 20.7 Å². The number of aryl methyl sites for hydroxylation is 1. The van der Waals surface area contributed by atoms with Crippen LogP contribution in [0.5, 0.6) is 5.75 Å². The van der Waals surface area contributed by atoms with Crippen LogP contribution in [0.3, 0.4) is 0 Å². The van der Waals surface area contributed by atoms with Crippen molar-refractivity contribution in [3.8, 4) is 5.75 Å². The van der Waals surface area contributed by atoms with Crippen molar-refractivity contribution in [3.05, 3.63) is 48.0 Å². The molecule has 0 unspecified atom stereocenters. The zero-order valence-electron chi connectivity index (χ0n) is 14.0. The van der Waals surface area contributed by atoms with E-state index < -0.39 is 0 Å². The minimum absolute atomic E-state index is 0. The van der Waals surface area contributed by atoms with Crippen LogP contribution in [-0.2, 0) is 11.2 Å². The lowest BCUT2D eigenvalue weighted by Crippen LogP contribution is -2.28. The maximum absolute atomic E-state index is 12.1. The number of nitrogens with zero attached hydrogens (tertiary/aromatic N) is 1. The Hall–Kier alpha value is -2.11. The molecule has 0 aliphatic carbocycles. The summed E-state index contributed by atoms with van der Waals surface area (Å²) in [6.45, 7) is 1.53. The molecule has 0 radical (unpaired) electrons. The molecule has 0 atom stereocenters. The minimum atomic E-state index is -0.0208. The molecule has 0 bridgehead atoms. The first-order valence-corrected chi connectivity index (χ1v) is 7.75. The van der Waals surface area contributed by atoms with Crippen molar-refractivity contribution < 1.29 is 9.53 Å². The van der Waals surface area contributed by atoms with Crippen LogP contribution in [0.2, 0.25) is 0 Å². The normalized spacial score (nSPS) is 12.1. The maximum atomic E-state index is 12.1. The van der Waals surface area contributed by atoms with Crippen LogP contribution in [-0.4, -0.2) is 26.1 Å². The van der Waals surface area contributed by atoms with Gasteiger partial charge in [0.2, 0.25) is 5.91 Å². The van der Waals surface area contributed by atoms with Crippen LogP contribution in [0, 0.1) is 0 Å². The van der Waals surface area contributed by atoms with Gasteiger partial charge in [0.1, 0.15) is 12.4 Å². The third kappa shape index (κ3) is 5.18. The third-order valence-corrected chi connectivity index (χ3v) is 4.01. The van der Waals surface area contributed by atoms with E-state index in [0.717, 1.165) is 34.9 Å². The topological polar surface area (TPSA) is 67.6 Å². The second-order valence-corrected chi connectivity index (χ2v) is 5.70. The number of carbonyl (C=O) groups is 1. The van der Waals surface area contributed by atoms with Crippen molar-refractivity contribution in [3.63, 3.8) is 0 Å². The van der Waals surface area contributed by atoms with E-state index in [4.69, 9.17) is 10.5 Å². The Balaban J connectivity index is 0.00000156. The molecule has 0 saturated carbocycles. The second kappa shape index (κ2) is 9.39. The van der Waals surface area contributed by atoms with Crippen molar-refractivity contribution in [2.75, 3.05) is 36.1 Å². The van der Waals surface area contributed by atoms with Gasteiger partial charge in [-0.1, -0.05) is 18.2 Å². The molecule has 1 heterocycles. The highest BCUT2D eigenvalue weighted by Crippen LogP contribution is 2.33. The van der Waals surface area contributed by atoms with Gasteiger partial charge in [0.15, 0.2) is 0 Å². The molecule has 5 nitrogen and oxygen atoms in total. The van der Waals surface area contributed by atoms with Crippen LogP contribution in [0.25, 0.3) is 0 Å². The molecule has 3 N–H and O–H groups in total. The molecule has 0 spiro atoms. The number of hydrogen-bond donors (Lipinski definition) is 2. The average Bonchev–Trinajstić information content (AvgIpc) is 2.55. The Bertz CT molecular complexity index is 725. The van der Waals surface area contributed by atoms with E-state index in [9.17, 15) is 4.79 Å². The van der Waals surface area contributed by atoms with E-state index in [-0.39, 0.29) is 30.7 Å². The highest BCUT2D eigenvalue weighted by Gasteiger charge is 2.15. The molecule has 0 aromatic heterocycles. The van der Waals surface area contributed by atoms with E-state index in [1.54, 1.807) is 0 Å². The van der Waals surface area contributed by atoms with E-state index in [0.29, 0.717) is 19.4 Å². The van der Waals surface area contributed by atoms with Gasteiger partial charge in [-0.05, 0) is 36.2 Å². The number of rotatable bonds is 4. The Morgan fingerprint density at radius 1 is 1.24 bits per heavy atom. The molecule has 25 heavy (non-hydrogen) atoms. The number of carbonyl (C=O) groups excluding carboxylic acids is 1. The lowest BCUT2D eigenvalue weighted by atomic mass is 10.1. The molecule has 1 aliphatic rings. The molecule has 2 aromatic carbocycles. The molecular formula is C18H23Cl2N3O2. The summed E-state index contributed by atoms with van der Waals surface area (Å²) < 4.78 is 5.60. The number of nitrogens with two attached hydrogens (primary N) is 1. The molecule has 136 valence electrons. The lowest BCUT2D eigenvalue weighted by Gasteiger charge is -2.28. The molecule has 2 aromatic rings. The van der Waals surface area contributed by atoms with Gasteiger partial charge in [0.25, 0.3) is 0 Å². The number of para-hydroxylation sites is 1. The van der Waals surface area contributed by atoms with E-state index in [1.165, 1.54) is 0 Å². The summed E-state index contributed by atoms with van der Waals surface area (Å²) >= 11 is 0. The molecule has 1 aliphatic heterocycles. The minimum Gasteiger partial charge on any atom is -0.490 e. The van der Waals surface area contributed by atoms with Crippen molar-refractivity contribution in [1.82, 2.24) is 0 Å². The van der Waals surface area contributed by atoms with E-state index in [1.807, 2.05) is 49.5 Å². The van der Waals surface area contributed by atoms with Crippen LogP contribution in [0.15, 0.2) is 42.5 Å². The highest BCUT2D eigenvalue weighted by atomic mass is 35.5. The fraction of sp³-hybridized carbons (Fsp3) is 0.278. The van der Waals surface area contributed by atoms with Crippen molar-refractivity contribution in [2.24, 2.45) is 0 Å². The molecular weight excluding hydrogens is 361 g/mol. The smallest absolute Gasteiger partial charge is 0.224 e. The standard InChI is InChI=1S/C18H21N3O2.2ClH/c1-21-10-11-23-17-8-7-14(12-16(17)21)20-18(22)9-6-13-4-2-3-5-15(13)19;;/h2-5,7-8,12H,6,9-11,19H2,1H3,(H,20,22);2*1H. The van der Waals surface area contributed by atoms with Gasteiger partial charge < -0.3 is 20.7 Å². The van der Waals surface area contributed by atoms with Gasteiger partial charge in [0.05, 0.1) is 12.2 Å². The summed E-state index contributed by atoms with van der Waals surface area (Å²) in [5.74, 6) is 0.835. The number of benzene rings is 2. The second-order valence-electron chi connectivity index (χ2n) is 5.70. The largest absolute Gasteiger partial charge is 0.490 e. The van der Waals surface area contributed by atoms with Crippen molar-refractivity contribution in [2.45, 2.75) is 12.8 Å². The number of nitrogens with one attached hydrogen (secondary N) is 1. The summed E-state index contributed by atoms with van der Waals surface area (Å²) in [6, 6.07) is 13.3. The van der Waals surface area contributed by atoms with Gasteiger partial charge in [-0.15, -0.1) is 24.8 Å². The first kappa shape index (κ1) is 20.9. The van der Waals surface area contributed by atoms with Gasteiger partial charge >= 0.3 is 0 Å². The number of nitrogen functional groups attached to an aromatic ring is 1. The first-order chi connectivity index (χ1) is 11.1. The summed E-state index contributed by atoms with van der Waals surface area (Å²) in [7, 11) is 2.02. The number of halogens is 2. The van der Waals surface area contributed by atoms with Gasteiger partial charge in [-0.3, -0.25) is 4.79 Å². The zero-order valence-corrected chi connectivity index (χ0v) is 15.7. The van der Waals surface area contributed by atoms with Gasteiger partial charge in [0, 0.05) is 24.8 Å².